The summed E-state index contributed by atoms with van der Waals surface area (Å²) in [5, 5.41) is 9.75. The van der Waals surface area contributed by atoms with Gasteiger partial charge in [-0.25, -0.2) is 4.79 Å². The Morgan fingerprint density at radius 3 is 2.93 bits per heavy atom. The van der Waals surface area contributed by atoms with Crippen molar-refractivity contribution in [3.05, 3.63) is 48.2 Å². The summed E-state index contributed by atoms with van der Waals surface area (Å²) < 4.78 is 0. The Hall–Kier alpha value is -2.03. The molecule has 1 aromatic heterocycles. The number of allylic oxidation sites excluding steroid dienone is 1. The van der Waals surface area contributed by atoms with Crippen LogP contribution in [-0.2, 0) is 6.42 Å². The van der Waals surface area contributed by atoms with Crippen molar-refractivity contribution in [3.63, 3.8) is 0 Å². The summed E-state index contributed by atoms with van der Waals surface area (Å²) in [6.07, 6.45) is 2.57. The largest absolute Gasteiger partial charge is 0.478 e. The van der Waals surface area contributed by atoms with Crippen molar-refractivity contribution in [3.8, 4) is 0 Å². The van der Waals surface area contributed by atoms with E-state index >= 15 is 0 Å². The zero-order valence-electron chi connectivity index (χ0n) is 8.16. The smallest absolute Gasteiger partial charge is 0.335 e. The van der Waals surface area contributed by atoms with Gasteiger partial charge in [-0.2, -0.15) is 0 Å². The number of carboxylic acid groups (broad SMARTS) is 1. The van der Waals surface area contributed by atoms with Crippen molar-refractivity contribution in [1.29, 1.82) is 0 Å². The first-order valence-electron chi connectivity index (χ1n) is 4.66. The van der Waals surface area contributed by atoms with Crippen molar-refractivity contribution in [1.82, 2.24) is 4.98 Å². The zero-order valence-corrected chi connectivity index (χ0v) is 8.16. The molecule has 0 amide bonds. The Balaban J connectivity index is 2.51. The topological polar surface area (TPSA) is 53.1 Å². The number of aromatic carboxylic acids is 1. The quantitative estimate of drug-likeness (QED) is 0.750. The summed E-state index contributed by atoms with van der Waals surface area (Å²) in [6.45, 7) is 3.66. The van der Waals surface area contributed by atoms with E-state index in [1.54, 1.807) is 18.2 Å². The Morgan fingerprint density at radius 2 is 2.27 bits per heavy atom. The monoisotopic (exact) mass is 201 g/mol. The summed E-state index contributed by atoms with van der Waals surface area (Å²) in [5.41, 5.74) is 2.31. The van der Waals surface area contributed by atoms with Crippen LogP contribution in [0.25, 0.3) is 10.9 Å². The normalized spacial score (nSPS) is 10.4. The number of carboxylic acids is 1. The fraction of sp³-hybridized carbons (Fsp3) is 0.0833. The third-order valence-corrected chi connectivity index (χ3v) is 2.29. The lowest BCUT2D eigenvalue weighted by Gasteiger charge is -1.93. The third-order valence-electron chi connectivity index (χ3n) is 2.29. The van der Waals surface area contributed by atoms with Gasteiger partial charge >= 0.3 is 5.97 Å². The van der Waals surface area contributed by atoms with Gasteiger partial charge in [-0.3, -0.25) is 0 Å². The Morgan fingerprint density at radius 1 is 1.47 bits per heavy atom. The van der Waals surface area contributed by atoms with E-state index in [2.05, 4.69) is 11.6 Å². The highest BCUT2D eigenvalue weighted by molar-refractivity contribution is 5.93. The SMILES string of the molecule is C=CCc1cc2cc(C(=O)O)ccc2[nH]1. The number of H-pyrrole nitrogens is 1. The number of benzene rings is 1. The van der Waals surface area contributed by atoms with E-state index in [9.17, 15) is 4.79 Å². The molecule has 76 valence electrons. The van der Waals surface area contributed by atoms with Crippen molar-refractivity contribution in [2.45, 2.75) is 6.42 Å². The molecular formula is C12H11NO2. The number of hydrogen-bond acceptors (Lipinski definition) is 1. The van der Waals surface area contributed by atoms with E-state index in [0.29, 0.717) is 5.56 Å². The van der Waals surface area contributed by atoms with Gasteiger partial charge in [0, 0.05) is 23.0 Å². The van der Waals surface area contributed by atoms with E-state index in [0.717, 1.165) is 23.0 Å². The molecule has 0 saturated carbocycles. The van der Waals surface area contributed by atoms with E-state index in [-0.39, 0.29) is 0 Å². The molecule has 3 heteroatoms. The summed E-state index contributed by atoms with van der Waals surface area (Å²) in [7, 11) is 0. The van der Waals surface area contributed by atoms with Crippen LogP contribution in [0, 0.1) is 0 Å². The first kappa shape index (κ1) is 9.52. The van der Waals surface area contributed by atoms with Crippen LogP contribution in [0.15, 0.2) is 36.9 Å². The zero-order chi connectivity index (χ0) is 10.8. The predicted octanol–water partition coefficient (Wildman–Crippen LogP) is 2.59. The molecule has 0 aliphatic heterocycles. The molecular weight excluding hydrogens is 190 g/mol. The average molecular weight is 201 g/mol. The number of hydrogen-bond donors (Lipinski definition) is 2. The van der Waals surface area contributed by atoms with Crippen molar-refractivity contribution in [2.24, 2.45) is 0 Å². The maximum Gasteiger partial charge on any atom is 0.335 e. The van der Waals surface area contributed by atoms with E-state index in [4.69, 9.17) is 5.11 Å². The fourth-order valence-electron chi connectivity index (χ4n) is 1.59. The van der Waals surface area contributed by atoms with Crippen molar-refractivity contribution < 1.29 is 9.90 Å². The minimum atomic E-state index is -0.900. The first-order chi connectivity index (χ1) is 7.20. The molecule has 0 bridgehead atoms. The lowest BCUT2D eigenvalue weighted by Crippen LogP contribution is -1.94. The Bertz CT molecular complexity index is 525. The number of rotatable bonds is 3. The molecule has 0 atom stereocenters. The van der Waals surface area contributed by atoms with Gasteiger partial charge in [0.25, 0.3) is 0 Å². The molecule has 0 aliphatic rings. The minimum Gasteiger partial charge on any atom is -0.478 e. The van der Waals surface area contributed by atoms with Crippen LogP contribution < -0.4 is 0 Å². The molecule has 1 aromatic carbocycles. The second-order valence-corrected chi connectivity index (χ2v) is 3.39. The van der Waals surface area contributed by atoms with Gasteiger partial charge in [-0.1, -0.05) is 6.08 Å². The van der Waals surface area contributed by atoms with E-state index in [1.165, 1.54) is 0 Å². The number of fused-ring (bicyclic) bond motifs is 1. The fourth-order valence-corrected chi connectivity index (χ4v) is 1.59. The molecule has 0 aliphatic carbocycles. The molecule has 0 fully saturated rings. The Kier molecular flexibility index (Phi) is 2.29. The van der Waals surface area contributed by atoms with E-state index in [1.807, 2.05) is 12.1 Å². The Labute approximate surface area is 87.0 Å². The van der Waals surface area contributed by atoms with Gasteiger partial charge in [-0.05, 0) is 24.3 Å². The van der Waals surface area contributed by atoms with Gasteiger partial charge in [0.15, 0.2) is 0 Å². The van der Waals surface area contributed by atoms with Crippen molar-refractivity contribution in [2.75, 3.05) is 0 Å². The number of carbonyl (C=O) groups is 1. The lowest BCUT2D eigenvalue weighted by molar-refractivity contribution is 0.0697. The van der Waals surface area contributed by atoms with Crippen LogP contribution in [-0.4, -0.2) is 16.1 Å². The lowest BCUT2D eigenvalue weighted by atomic mass is 10.1. The van der Waals surface area contributed by atoms with Gasteiger partial charge in [0.1, 0.15) is 0 Å². The summed E-state index contributed by atoms with van der Waals surface area (Å²) in [6, 6.07) is 6.99. The van der Waals surface area contributed by atoms with Gasteiger partial charge in [-0.15, -0.1) is 6.58 Å². The molecule has 0 spiro atoms. The highest BCUT2D eigenvalue weighted by atomic mass is 16.4. The van der Waals surface area contributed by atoms with Crippen LogP contribution in [0.4, 0.5) is 0 Å². The van der Waals surface area contributed by atoms with Gasteiger partial charge < -0.3 is 10.1 Å². The molecule has 2 rings (SSSR count). The second kappa shape index (κ2) is 3.61. The van der Waals surface area contributed by atoms with Crippen LogP contribution >= 0.6 is 0 Å². The molecule has 1 heterocycles. The van der Waals surface area contributed by atoms with E-state index < -0.39 is 5.97 Å². The molecule has 15 heavy (non-hydrogen) atoms. The number of aromatic nitrogens is 1. The summed E-state index contributed by atoms with van der Waals surface area (Å²) in [4.78, 5) is 13.9. The highest BCUT2D eigenvalue weighted by Gasteiger charge is 2.05. The number of nitrogens with one attached hydrogen (secondary N) is 1. The highest BCUT2D eigenvalue weighted by Crippen LogP contribution is 2.17. The number of aromatic amines is 1. The van der Waals surface area contributed by atoms with Gasteiger partial charge in [0.2, 0.25) is 0 Å². The van der Waals surface area contributed by atoms with Crippen LogP contribution in [0.3, 0.4) is 0 Å². The molecule has 0 saturated heterocycles. The maximum absolute atomic E-state index is 10.8. The van der Waals surface area contributed by atoms with Gasteiger partial charge in [0.05, 0.1) is 5.56 Å². The summed E-state index contributed by atoms with van der Waals surface area (Å²) >= 11 is 0. The molecule has 2 aromatic rings. The first-order valence-corrected chi connectivity index (χ1v) is 4.66. The minimum absolute atomic E-state index is 0.312. The molecule has 0 radical (unpaired) electrons. The van der Waals surface area contributed by atoms with Crippen LogP contribution in [0.5, 0.6) is 0 Å². The molecule has 3 nitrogen and oxygen atoms in total. The molecule has 2 N–H and O–H groups in total. The molecule has 0 unspecified atom stereocenters. The standard InChI is InChI=1S/C12H11NO2/c1-2-3-10-7-9-6-8(12(14)15)4-5-11(9)13-10/h2,4-7,13H,1,3H2,(H,14,15). The van der Waals surface area contributed by atoms with Crippen LogP contribution in [0.1, 0.15) is 16.1 Å². The predicted molar refractivity (Wildman–Crippen MR) is 59.2 cm³/mol. The third kappa shape index (κ3) is 1.76. The summed E-state index contributed by atoms with van der Waals surface area (Å²) in [5.74, 6) is -0.900. The van der Waals surface area contributed by atoms with Crippen LogP contribution in [0.2, 0.25) is 0 Å². The average Bonchev–Trinajstić information content (AvgIpc) is 2.59. The maximum atomic E-state index is 10.8. The van der Waals surface area contributed by atoms with Crippen molar-refractivity contribution >= 4 is 16.9 Å². The second-order valence-electron chi connectivity index (χ2n) is 3.39.